The highest BCUT2D eigenvalue weighted by Crippen LogP contribution is 2.50. The molecule has 8 aromatic heterocycles. The summed E-state index contributed by atoms with van der Waals surface area (Å²) < 4.78 is 19.6. The molecule has 0 bridgehead atoms. The van der Waals surface area contributed by atoms with Gasteiger partial charge in [0.2, 0.25) is 0 Å². The molecule has 8 heterocycles. The van der Waals surface area contributed by atoms with Crippen LogP contribution in [0.1, 0.15) is 0 Å². The molecule has 8 nitrogen and oxygen atoms in total. The summed E-state index contributed by atoms with van der Waals surface area (Å²) in [4.78, 5) is 0. The lowest BCUT2D eigenvalue weighted by atomic mass is 9.98. The molecule has 0 radical (unpaired) electrons. The fraction of sp³-hybridized carbons (Fsp3) is 0. The zero-order valence-corrected chi connectivity index (χ0v) is 81.8. The van der Waals surface area contributed by atoms with E-state index in [-0.39, 0.29) is 0 Å². The minimum absolute atomic E-state index is 1.15. The quantitative estimate of drug-likeness (QED) is 0.124. The molecular weight excluding hydrogens is 1820 g/mol. The second kappa shape index (κ2) is 36.1. The SMILES string of the molecule is c1ccc(-c2cc(-c3ccccc3)cc(-n3c4ccccc4c4ccc5c6ccccc6n(-c6ccccc6)c5c43)c2)cc1.c1ccc(-c2cccc(-n3c4ccccc4c4ccc5c6ccccc6n(-c6ccccc6)c5c43)c2)cc1.c1ccc(-n2c3ccccc3c3ccc4c5ccccc5n(-c5ccc6ccccc6c5)c4c32)cc1.c1ccc(-n2c3ccccc3c3ccc4c5ccccc5n(-c5ccccc5)c4c32)cc1. The zero-order chi connectivity index (χ0) is 98.8. The molecule has 24 aromatic carbocycles. The van der Waals surface area contributed by atoms with E-state index in [0.717, 1.165) is 17.1 Å². The third kappa shape index (κ3) is 14.1. The van der Waals surface area contributed by atoms with Gasteiger partial charge in [-0.3, -0.25) is 0 Å². The van der Waals surface area contributed by atoms with Crippen molar-refractivity contribution in [2.24, 2.45) is 0 Å². The normalized spacial score (nSPS) is 11.7. The average Bonchev–Trinajstić information content (AvgIpc) is 1.56. The molecule has 0 unspecified atom stereocenters. The summed E-state index contributed by atoms with van der Waals surface area (Å²) in [5.74, 6) is 0. The van der Waals surface area contributed by atoms with Gasteiger partial charge in [-0.15, -0.1) is 0 Å². The van der Waals surface area contributed by atoms with E-state index in [0.29, 0.717) is 0 Å². The standard InChI is InChI=1S/C42H28N2.C36H24N2.C34H22N2.C30H20N2/c1-4-14-29(15-5-1)31-26-32(30-16-6-2-7-17-30)28-34(27-31)44-40-23-13-11-21-36(40)38-25-24-37-35-20-10-12-22-39(35)43(41(37)42(38)44)33-18-8-3-9-19-33;1-3-12-25(13-4-1)26-14-11-17-28(24-26)38-34-21-10-8-19-30(34)32-23-22-31-29-18-7-9-20-33(29)37(35(31)36(32)38)27-15-5-2-6-16-27;1-2-12-25(13-3-1)35-31-16-8-6-14-27(31)29-20-21-30-28-15-7-9-17-32(28)36(34(30)33(29)35)26-19-18-23-10-4-5-11-24(23)22-26;1-3-11-21(12-4-1)31-27-17-9-7-15-23(27)25-19-20-26-24-16-8-10-18-28(24)32(30(26)29(25)31)22-13-5-2-6-14-22/h1-28H;1-24H;1-22H;1-20H. The second-order valence-corrected chi connectivity index (χ2v) is 38.9. The van der Waals surface area contributed by atoms with E-state index in [1.807, 2.05) is 0 Å². The van der Waals surface area contributed by atoms with E-state index in [1.54, 1.807) is 0 Å². The fourth-order valence-electron chi connectivity index (χ4n) is 24.1. The van der Waals surface area contributed by atoms with Crippen LogP contribution < -0.4 is 0 Å². The fourth-order valence-corrected chi connectivity index (χ4v) is 24.1. The molecule has 0 amide bonds. The summed E-state index contributed by atoms with van der Waals surface area (Å²) in [7, 11) is 0. The van der Waals surface area contributed by atoms with E-state index < -0.39 is 0 Å². The Morgan fingerprint density at radius 3 is 0.527 bits per heavy atom. The van der Waals surface area contributed by atoms with Crippen LogP contribution in [0.4, 0.5) is 0 Å². The molecule has 0 aliphatic rings. The first kappa shape index (κ1) is 86.6. The summed E-state index contributed by atoms with van der Waals surface area (Å²) in [6.45, 7) is 0. The van der Waals surface area contributed by atoms with Gasteiger partial charge < -0.3 is 36.5 Å². The molecule has 0 N–H and O–H groups in total. The molecule has 150 heavy (non-hydrogen) atoms. The van der Waals surface area contributed by atoms with Crippen molar-refractivity contribution in [2.75, 3.05) is 0 Å². The number of hydrogen-bond donors (Lipinski definition) is 0. The van der Waals surface area contributed by atoms with Crippen molar-refractivity contribution >= 4 is 185 Å². The Morgan fingerprint density at radius 1 is 0.0867 bits per heavy atom. The molecule has 32 rings (SSSR count). The largest absolute Gasteiger partial charge is 0.307 e. The summed E-state index contributed by atoms with van der Waals surface area (Å²) in [5, 5.41) is 22.8. The van der Waals surface area contributed by atoms with E-state index in [4.69, 9.17) is 0 Å². The summed E-state index contributed by atoms with van der Waals surface area (Å²) >= 11 is 0. The van der Waals surface area contributed by atoms with Gasteiger partial charge in [0.1, 0.15) is 0 Å². The molecule has 702 valence electrons. The first-order valence-corrected chi connectivity index (χ1v) is 51.5. The number of fused-ring (bicyclic) bond motifs is 29. The first-order chi connectivity index (χ1) is 74.5. The van der Waals surface area contributed by atoms with Gasteiger partial charge in [-0.1, -0.05) is 419 Å². The monoisotopic (exact) mass is 1910 g/mol. The Balaban J connectivity index is 0.0000000944. The zero-order valence-electron chi connectivity index (χ0n) is 81.8. The van der Waals surface area contributed by atoms with E-state index in [9.17, 15) is 0 Å². The van der Waals surface area contributed by atoms with Crippen LogP contribution in [0.15, 0.2) is 570 Å². The predicted molar refractivity (Wildman–Crippen MR) is 634 cm³/mol. The molecule has 0 atom stereocenters. The Bertz CT molecular complexity index is 10700. The van der Waals surface area contributed by atoms with Gasteiger partial charge in [0.05, 0.1) is 88.3 Å². The highest BCUT2D eigenvalue weighted by molar-refractivity contribution is 6.29. The lowest BCUT2D eigenvalue weighted by Crippen LogP contribution is -1.99. The van der Waals surface area contributed by atoms with Crippen LogP contribution in [-0.2, 0) is 0 Å². The maximum atomic E-state index is 2.49. The maximum absolute atomic E-state index is 2.49. The number of hydrogen-bond acceptors (Lipinski definition) is 0. The van der Waals surface area contributed by atoms with Crippen molar-refractivity contribution in [1.29, 1.82) is 0 Å². The van der Waals surface area contributed by atoms with Crippen LogP contribution in [0.2, 0.25) is 0 Å². The van der Waals surface area contributed by atoms with Crippen LogP contribution in [-0.4, -0.2) is 36.5 Å². The maximum Gasteiger partial charge on any atom is 0.0788 e. The minimum Gasteiger partial charge on any atom is -0.307 e. The third-order valence-corrected chi connectivity index (χ3v) is 30.5. The van der Waals surface area contributed by atoms with Gasteiger partial charge in [0.25, 0.3) is 0 Å². The van der Waals surface area contributed by atoms with Crippen LogP contribution in [0.25, 0.3) is 264 Å². The van der Waals surface area contributed by atoms with Crippen molar-refractivity contribution in [3.8, 4) is 78.9 Å². The Morgan fingerprint density at radius 2 is 0.267 bits per heavy atom. The third-order valence-electron chi connectivity index (χ3n) is 30.5. The van der Waals surface area contributed by atoms with Gasteiger partial charge in [-0.25, -0.2) is 0 Å². The van der Waals surface area contributed by atoms with Crippen molar-refractivity contribution < 1.29 is 0 Å². The Hall–Kier alpha value is -20.1. The van der Waals surface area contributed by atoms with Crippen molar-refractivity contribution in [1.82, 2.24) is 36.5 Å². The van der Waals surface area contributed by atoms with Crippen LogP contribution in [0.3, 0.4) is 0 Å². The van der Waals surface area contributed by atoms with E-state index in [2.05, 4.69) is 607 Å². The molecule has 0 saturated heterocycles. The Labute approximate surface area is 864 Å². The number of nitrogens with zero attached hydrogens (tertiary/aromatic N) is 8. The van der Waals surface area contributed by atoms with Gasteiger partial charge in [-0.2, -0.15) is 0 Å². The smallest absolute Gasteiger partial charge is 0.0788 e. The van der Waals surface area contributed by atoms with Crippen molar-refractivity contribution in [3.63, 3.8) is 0 Å². The molecular formula is C142H94N8. The number of aromatic nitrogens is 8. The molecule has 0 fully saturated rings. The van der Waals surface area contributed by atoms with Gasteiger partial charge >= 0.3 is 0 Å². The molecule has 8 heteroatoms. The minimum atomic E-state index is 1.15. The number of para-hydroxylation sites is 13. The lowest BCUT2D eigenvalue weighted by Gasteiger charge is -2.15. The lowest BCUT2D eigenvalue weighted by molar-refractivity contribution is 1.15. The highest BCUT2D eigenvalue weighted by Gasteiger charge is 2.29. The summed E-state index contributed by atoms with van der Waals surface area (Å²) in [6, 6.07) is 205. The molecule has 0 aliphatic heterocycles. The number of rotatable bonds is 11. The van der Waals surface area contributed by atoms with Crippen LogP contribution >= 0.6 is 0 Å². The second-order valence-electron chi connectivity index (χ2n) is 38.9. The predicted octanol–water partition coefficient (Wildman–Crippen LogP) is 37.7. The van der Waals surface area contributed by atoms with Crippen molar-refractivity contribution in [2.45, 2.75) is 0 Å². The molecule has 32 aromatic rings. The molecule has 0 aliphatic carbocycles. The van der Waals surface area contributed by atoms with E-state index >= 15 is 0 Å². The summed E-state index contributed by atoms with van der Waals surface area (Å²) in [6.07, 6.45) is 0. The van der Waals surface area contributed by atoms with E-state index in [1.165, 1.54) is 247 Å². The van der Waals surface area contributed by atoms with Crippen LogP contribution in [0, 0.1) is 0 Å². The van der Waals surface area contributed by atoms with Gasteiger partial charge in [-0.05, 0) is 196 Å². The topological polar surface area (TPSA) is 39.4 Å². The highest BCUT2D eigenvalue weighted by atomic mass is 15.1. The molecule has 0 saturated carbocycles. The number of benzene rings is 24. The summed E-state index contributed by atoms with van der Waals surface area (Å²) in [5.41, 5.74) is 36.2. The first-order valence-electron chi connectivity index (χ1n) is 51.5. The average molecular weight is 1910 g/mol. The molecule has 0 spiro atoms. The Kier molecular flexibility index (Phi) is 20.8. The van der Waals surface area contributed by atoms with Gasteiger partial charge in [0.15, 0.2) is 0 Å². The van der Waals surface area contributed by atoms with Crippen LogP contribution in [0.5, 0.6) is 0 Å². The van der Waals surface area contributed by atoms with Crippen molar-refractivity contribution in [3.05, 3.63) is 570 Å². The van der Waals surface area contributed by atoms with Gasteiger partial charge in [0, 0.05) is 132 Å².